The van der Waals surface area contributed by atoms with Gasteiger partial charge in [-0.25, -0.2) is 9.78 Å². The molecule has 1 heterocycles. The minimum absolute atomic E-state index is 0.0633. The predicted molar refractivity (Wildman–Crippen MR) is 86.1 cm³/mol. The molecule has 23 heavy (non-hydrogen) atoms. The second-order valence-corrected chi connectivity index (χ2v) is 5.25. The van der Waals surface area contributed by atoms with Gasteiger partial charge in [0.25, 0.3) is 0 Å². The van der Waals surface area contributed by atoms with Crippen molar-refractivity contribution in [3.05, 3.63) is 64.8 Å². The lowest BCUT2D eigenvalue weighted by molar-refractivity contribution is 0.0692. The summed E-state index contributed by atoms with van der Waals surface area (Å²) in [6.45, 7) is 0. The van der Waals surface area contributed by atoms with E-state index in [9.17, 15) is 9.90 Å². The van der Waals surface area contributed by atoms with Gasteiger partial charge in [-0.1, -0.05) is 23.7 Å². The molecule has 0 unspecified atom stereocenters. The maximum Gasteiger partial charge on any atom is 0.356 e. The molecule has 0 saturated carbocycles. The van der Waals surface area contributed by atoms with Crippen molar-refractivity contribution in [1.82, 2.24) is 9.97 Å². The second kappa shape index (κ2) is 5.95. The summed E-state index contributed by atoms with van der Waals surface area (Å²) in [6, 6.07) is 15.6. The number of carboxylic acid groups (broad SMARTS) is 1. The van der Waals surface area contributed by atoms with Crippen molar-refractivity contribution in [1.29, 1.82) is 5.26 Å². The minimum atomic E-state index is -1.12. The Morgan fingerprint density at radius 1 is 1.09 bits per heavy atom. The van der Waals surface area contributed by atoms with Crippen LogP contribution in [0.25, 0.3) is 22.6 Å². The van der Waals surface area contributed by atoms with Gasteiger partial charge < -0.3 is 10.1 Å². The van der Waals surface area contributed by atoms with Crippen LogP contribution < -0.4 is 0 Å². The highest BCUT2D eigenvalue weighted by Crippen LogP contribution is 2.27. The normalized spacial score (nSPS) is 10.3. The van der Waals surface area contributed by atoms with Crippen molar-refractivity contribution in [2.75, 3.05) is 0 Å². The van der Waals surface area contributed by atoms with E-state index in [1.807, 2.05) is 6.07 Å². The maximum absolute atomic E-state index is 11.5. The van der Waals surface area contributed by atoms with E-state index >= 15 is 0 Å². The Morgan fingerprint density at radius 3 is 2.26 bits per heavy atom. The van der Waals surface area contributed by atoms with Crippen molar-refractivity contribution in [3.63, 3.8) is 0 Å². The Morgan fingerprint density at radius 2 is 1.70 bits per heavy atom. The number of nitrogens with one attached hydrogen (secondary N) is 1. The molecule has 0 aliphatic rings. The first-order chi connectivity index (χ1) is 11.1. The monoisotopic (exact) mass is 323 g/mol. The van der Waals surface area contributed by atoms with Crippen LogP contribution in [0.5, 0.6) is 0 Å². The number of nitriles is 1. The lowest BCUT2D eigenvalue weighted by Gasteiger charge is -2.00. The second-order valence-electron chi connectivity index (χ2n) is 4.81. The zero-order chi connectivity index (χ0) is 16.4. The molecule has 3 rings (SSSR count). The molecular formula is C17H10ClN3O2. The Balaban J connectivity index is 2.10. The van der Waals surface area contributed by atoms with Crippen LogP contribution in [0.3, 0.4) is 0 Å². The average molecular weight is 324 g/mol. The van der Waals surface area contributed by atoms with Crippen LogP contribution in [-0.2, 0) is 0 Å². The number of aromatic nitrogens is 2. The van der Waals surface area contributed by atoms with E-state index in [4.69, 9.17) is 16.9 Å². The van der Waals surface area contributed by atoms with Gasteiger partial charge in [-0.05, 0) is 36.4 Å². The molecule has 1 aromatic heterocycles. The van der Waals surface area contributed by atoms with E-state index < -0.39 is 5.97 Å². The third-order valence-electron chi connectivity index (χ3n) is 3.33. The van der Waals surface area contributed by atoms with E-state index in [2.05, 4.69) is 9.97 Å². The SMILES string of the molecule is N#Cc1ccc(-c2nc(C(=O)O)c(-c3ccc(Cl)cc3)[nH]2)cc1. The van der Waals surface area contributed by atoms with Crippen LogP contribution in [0.4, 0.5) is 0 Å². The van der Waals surface area contributed by atoms with E-state index in [-0.39, 0.29) is 5.69 Å². The van der Waals surface area contributed by atoms with Crippen molar-refractivity contribution in [2.24, 2.45) is 0 Å². The fourth-order valence-corrected chi connectivity index (χ4v) is 2.32. The molecule has 2 N–H and O–H groups in total. The average Bonchev–Trinajstić information content (AvgIpc) is 3.01. The van der Waals surface area contributed by atoms with Gasteiger partial charge in [-0.2, -0.15) is 5.26 Å². The van der Waals surface area contributed by atoms with Gasteiger partial charge in [0.2, 0.25) is 0 Å². The highest BCUT2D eigenvalue weighted by atomic mass is 35.5. The van der Waals surface area contributed by atoms with Gasteiger partial charge in [0.05, 0.1) is 17.3 Å². The Kier molecular flexibility index (Phi) is 3.83. The van der Waals surface area contributed by atoms with Gasteiger partial charge in [-0.15, -0.1) is 0 Å². The summed E-state index contributed by atoms with van der Waals surface area (Å²) in [5.41, 5.74) is 2.25. The van der Waals surface area contributed by atoms with Crippen LogP contribution >= 0.6 is 11.6 Å². The number of carboxylic acids is 1. The number of rotatable bonds is 3. The summed E-state index contributed by atoms with van der Waals surface area (Å²) < 4.78 is 0. The van der Waals surface area contributed by atoms with E-state index in [1.165, 1.54) is 0 Å². The van der Waals surface area contributed by atoms with Crippen LogP contribution in [-0.4, -0.2) is 21.0 Å². The summed E-state index contributed by atoms with van der Waals surface area (Å²) in [6.07, 6.45) is 0. The molecule has 0 aliphatic heterocycles. The fourth-order valence-electron chi connectivity index (χ4n) is 2.19. The summed E-state index contributed by atoms with van der Waals surface area (Å²) in [4.78, 5) is 18.7. The van der Waals surface area contributed by atoms with Gasteiger partial charge in [0, 0.05) is 16.1 Å². The van der Waals surface area contributed by atoms with Crippen molar-refractivity contribution in [3.8, 4) is 28.7 Å². The number of aromatic carboxylic acids is 1. The summed E-state index contributed by atoms with van der Waals surface area (Å²) in [5.74, 6) is -0.692. The lowest BCUT2D eigenvalue weighted by Crippen LogP contribution is -1.99. The molecule has 0 fully saturated rings. The number of benzene rings is 2. The van der Waals surface area contributed by atoms with Gasteiger partial charge >= 0.3 is 5.97 Å². The lowest BCUT2D eigenvalue weighted by atomic mass is 10.1. The third kappa shape index (κ3) is 2.93. The molecule has 5 nitrogen and oxygen atoms in total. The Hall–Kier alpha value is -3.10. The smallest absolute Gasteiger partial charge is 0.356 e. The maximum atomic E-state index is 11.5. The number of hydrogen-bond donors (Lipinski definition) is 2. The number of halogens is 1. The molecule has 112 valence electrons. The van der Waals surface area contributed by atoms with Crippen molar-refractivity contribution >= 4 is 17.6 Å². The largest absolute Gasteiger partial charge is 0.476 e. The Labute approximate surface area is 136 Å². The first-order valence-corrected chi connectivity index (χ1v) is 7.06. The minimum Gasteiger partial charge on any atom is -0.476 e. The molecule has 2 aromatic carbocycles. The van der Waals surface area contributed by atoms with Crippen LogP contribution in [0, 0.1) is 11.3 Å². The molecular weight excluding hydrogens is 314 g/mol. The molecule has 0 atom stereocenters. The fraction of sp³-hybridized carbons (Fsp3) is 0. The molecule has 0 radical (unpaired) electrons. The quantitative estimate of drug-likeness (QED) is 0.763. The summed E-state index contributed by atoms with van der Waals surface area (Å²) >= 11 is 5.86. The Bertz CT molecular complexity index is 907. The molecule has 0 saturated heterocycles. The molecule has 0 amide bonds. The molecule has 0 spiro atoms. The molecule has 3 aromatic rings. The highest BCUT2D eigenvalue weighted by molar-refractivity contribution is 6.30. The molecule has 0 aliphatic carbocycles. The number of aromatic amines is 1. The van der Waals surface area contributed by atoms with Gasteiger partial charge in [0.15, 0.2) is 5.69 Å². The molecule has 0 bridgehead atoms. The van der Waals surface area contributed by atoms with E-state index in [1.54, 1.807) is 48.5 Å². The number of H-pyrrole nitrogens is 1. The van der Waals surface area contributed by atoms with Gasteiger partial charge in [-0.3, -0.25) is 0 Å². The summed E-state index contributed by atoms with van der Waals surface area (Å²) in [7, 11) is 0. The van der Waals surface area contributed by atoms with Crippen molar-refractivity contribution < 1.29 is 9.90 Å². The van der Waals surface area contributed by atoms with Crippen molar-refractivity contribution in [2.45, 2.75) is 0 Å². The number of imidazole rings is 1. The number of hydrogen-bond acceptors (Lipinski definition) is 3. The van der Waals surface area contributed by atoms with Gasteiger partial charge in [0.1, 0.15) is 5.82 Å². The zero-order valence-electron chi connectivity index (χ0n) is 11.7. The highest BCUT2D eigenvalue weighted by Gasteiger charge is 2.18. The zero-order valence-corrected chi connectivity index (χ0v) is 12.5. The van der Waals surface area contributed by atoms with Crippen LogP contribution in [0.1, 0.15) is 16.1 Å². The standard InChI is InChI=1S/C17H10ClN3O2/c18-13-7-5-11(6-8-13)14-15(17(22)23)21-16(20-14)12-3-1-10(9-19)2-4-12/h1-8H,(H,20,21)(H,22,23). The first-order valence-electron chi connectivity index (χ1n) is 6.68. The van der Waals surface area contributed by atoms with E-state index in [0.717, 1.165) is 0 Å². The summed E-state index contributed by atoms with van der Waals surface area (Å²) in [5, 5.41) is 18.8. The number of carbonyl (C=O) groups is 1. The van der Waals surface area contributed by atoms with Crippen LogP contribution in [0.15, 0.2) is 48.5 Å². The number of nitrogens with zero attached hydrogens (tertiary/aromatic N) is 2. The predicted octanol–water partition coefficient (Wildman–Crippen LogP) is 3.97. The van der Waals surface area contributed by atoms with Crippen LogP contribution in [0.2, 0.25) is 5.02 Å². The molecule has 6 heteroatoms. The van der Waals surface area contributed by atoms with E-state index in [0.29, 0.717) is 33.2 Å². The topological polar surface area (TPSA) is 89.8 Å². The first kappa shape index (κ1) is 14.8. The third-order valence-corrected chi connectivity index (χ3v) is 3.58.